The summed E-state index contributed by atoms with van der Waals surface area (Å²) in [5.74, 6) is 0. The quantitative estimate of drug-likeness (QED) is 0.185. The standard InChI is InChI=1S/C21H25.C11H9.C8H8.Zr/c1-20(2,3)16-7-9-18-14(12-16)11-15-13-17(21(4,5)6)8-10-19(15)18;1-2-6-10(7-3-1)11-8-4-5-9-11;1-2-8-6-4-3-5-7-8;/h7-10,12H,11H2,1-6H3;1-3,6-9H,4H2;1,3-7H,2H2;. The van der Waals surface area contributed by atoms with E-state index in [1.165, 1.54) is 39.0 Å². The summed E-state index contributed by atoms with van der Waals surface area (Å²) in [6.07, 6.45) is 8.23. The zero-order chi connectivity index (χ0) is 28.8. The van der Waals surface area contributed by atoms with E-state index < -0.39 is 21.3 Å². The van der Waals surface area contributed by atoms with E-state index in [0.717, 1.165) is 19.3 Å². The van der Waals surface area contributed by atoms with Gasteiger partial charge in [-0.25, -0.2) is 0 Å². The van der Waals surface area contributed by atoms with Gasteiger partial charge in [0.2, 0.25) is 0 Å². The van der Waals surface area contributed by atoms with Gasteiger partial charge in [0.05, 0.1) is 0 Å². The second kappa shape index (κ2) is 11.1. The average Bonchev–Trinajstić information content (AvgIpc) is 3.58. The van der Waals surface area contributed by atoms with Gasteiger partial charge < -0.3 is 0 Å². The van der Waals surface area contributed by atoms with E-state index in [4.69, 9.17) is 0 Å². The molecule has 0 saturated heterocycles. The summed E-state index contributed by atoms with van der Waals surface area (Å²) in [4.78, 5) is 0. The molecule has 2 aliphatic carbocycles. The molecule has 0 heterocycles. The number of hydrogen-bond donors (Lipinski definition) is 0. The maximum atomic E-state index is 2.79. The van der Waals surface area contributed by atoms with E-state index >= 15 is 0 Å². The first kappa shape index (κ1) is 28.2. The van der Waals surface area contributed by atoms with Gasteiger partial charge in [-0.3, -0.25) is 0 Å². The molecule has 0 aliphatic heterocycles. The van der Waals surface area contributed by atoms with E-state index in [9.17, 15) is 0 Å². The average molecular weight is 614 g/mol. The zero-order valence-corrected chi connectivity index (χ0v) is 28.0. The summed E-state index contributed by atoms with van der Waals surface area (Å²) in [5.41, 5.74) is 13.5. The van der Waals surface area contributed by atoms with Crippen LogP contribution in [0.1, 0.15) is 81.3 Å². The molecule has 0 bridgehead atoms. The van der Waals surface area contributed by atoms with Crippen LogP contribution in [0.15, 0.2) is 106 Å². The zero-order valence-electron chi connectivity index (χ0n) is 25.5. The Bertz CT molecular complexity index is 1680. The van der Waals surface area contributed by atoms with Crippen LogP contribution in [0.5, 0.6) is 0 Å². The van der Waals surface area contributed by atoms with Crippen molar-refractivity contribution in [2.45, 2.75) is 71.6 Å². The Labute approximate surface area is 255 Å². The Morgan fingerprint density at radius 2 is 1.41 bits per heavy atom. The molecule has 2 aliphatic rings. The Morgan fingerprint density at radius 3 is 2.10 bits per heavy atom. The predicted molar refractivity (Wildman–Crippen MR) is 175 cm³/mol. The van der Waals surface area contributed by atoms with Gasteiger partial charge in [0.15, 0.2) is 0 Å². The first-order valence-electron chi connectivity index (χ1n) is 15.1. The fourth-order valence-electron chi connectivity index (χ4n) is 6.45. The number of allylic oxidation sites excluding steroid dienone is 4. The van der Waals surface area contributed by atoms with Gasteiger partial charge in [-0.2, -0.15) is 0 Å². The Balaban J connectivity index is 1.53. The van der Waals surface area contributed by atoms with Crippen molar-refractivity contribution in [2.75, 3.05) is 0 Å². The summed E-state index contributed by atoms with van der Waals surface area (Å²) in [6.45, 7) is 14.2. The van der Waals surface area contributed by atoms with Crippen LogP contribution in [-0.4, -0.2) is 3.71 Å². The molecule has 0 N–H and O–H groups in total. The van der Waals surface area contributed by atoms with Crippen LogP contribution in [0.25, 0.3) is 16.7 Å². The van der Waals surface area contributed by atoms with Crippen LogP contribution < -0.4 is 3.27 Å². The van der Waals surface area contributed by atoms with Crippen molar-refractivity contribution >= 4 is 12.6 Å². The van der Waals surface area contributed by atoms with Crippen molar-refractivity contribution in [1.29, 1.82) is 0 Å². The van der Waals surface area contributed by atoms with Crippen molar-refractivity contribution in [3.63, 3.8) is 0 Å². The van der Waals surface area contributed by atoms with Gasteiger partial charge in [0.1, 0.15) is 0 Å². The molecular weight excluding hydrogens is 572 g/mol. The molecule has 4 aromatic rings. The number of rotatable bonds is 5. The molecule has 0 atom stereocenters. The summed E-state index contributed by atoms with van der Waals surface area (Å²) in [7, 11) is 0. The van der Waals surface area contributed by atoms with E-state index in [1.807, 2.05) is 0 Å². The number of benzene rings is 4. The van der Waals surface area contributed by atoms with Crippen molar-refractivity contribution in [3.05, 3.63) is 140 Å². The molecule has 4 aromatic carbocycles. The second-order valence-electron chi connectivity index (χ2n) is 13.8. The molecule has 0 aromatic heterocycles. The molecule has 1 heteroatoms. The van der Waals surface area contributed by atoms with Crippen LogP contribution in [-0.2, 0) is 44.9 Å². The fraction of sp³-hybridized carbons (Fsp3) is 0.275. The van der Waals surface area contributed by atoms with Crippen molar-refractivity contribution in [2.24, 2.45) is 0 Å². The number of fused-ring (bicyclic) bond motifs is 3. The minimum atomic E-state index is -2.45. The van der Waals surface area contributed by atoms with Gasteiger partial charge >= 0.3 is 256 Å². The van der Waals surface area contributed by atoms with Crippen LogP contribution in [0, 0.1) is 0 Å². The molecule has 0 nitrogen and oxygen atoms in total. The molecule has 6 rings (SSSR count). The molecule has 0 spiro atoms. The molecule has 0 amide bonds. The first-order valence-corrected chi connectivity index (χ1v) is 19.0. The molecule has 0 unspecified atom stereocenters. The summed E-state index contributed by atoms with van der Waals surface area (Å²) in [5, 5.41) is 0. The van der Waals surface area contributed by atoms with Crippen molar-refractivity contribution in [1.82, 2.24) is 0 Å². The SMILES string of the molecule is CC(C)(C)c1ccc2c(c1)Cc1c-2ccc(C(C)(C)C)[c]1/[Zr](=[CH]\Cc1ccccc1)[C]1=CC(c2ccccc2)=CC1. The Kier molecular flexibility index (Phi) is 7.63. The molecular formula is C40H42Zr. The van der Waals surface area contributed by atoms with Gasteiger partial charge in [0, 0.05) is 0 Å². The van der Waals surface area contributed by atoms with E-state index in [0.29, 0.717) is 0 Å². The van der Waals surface area contributed by atoms with E-state index in [1.54, 1.807) is 17.7 Å². The first-order chi connectivity index (χ1) is 19.6. The van der Waals surface area contributed by atoms with E-state index in [2.05, 4.69) is 148 Å². The molecule has 41 heavy (non-hydrogen) atoms. The third-order valence-electron chi connectivity index (χ3n) is 8.73. The minimum absolute atomic E-state index is 0.0942. The molecule has 206 valence electrons. The number of hydrogen-bond acceptors (Lipinski definition) is 0. The fourth-order valence-corrected chi connectivity index (χ4v) is 14.2. The summed E-state index contributed by atoms with van der Waals surface area (Å²) in [6, 6.07) is 34.2. The van der Waals surface area contributed by atoms with Gasteiger partial charge in [0.25, 0.3) is 0 Å². The Morgan fingerprint density at radius 1 is 0.732 bits per heavy atom. The molecule has 0 radical (unpaired) electrons. The second-order valence-corrected chi connectivity index (χ2v) is 19.6. The predicted octanol–water partition coefficient (Wildman–Crippen LogP) is 9.51. The van der Waals surface area contributed by atoms with Crippen LogP contribution in [0.3, 0.4) is 0 Å². The maximum absolute atomic E-state index is 2.79. The van der Waals surface area contributed by atoms with Gasteiger partial charge in [-0.05, 0) is 0 Å². The summed E-state index contributed by atoms with van der Waals surface area (Å²) >= 11 is -2.45. The van der Waals surface area contributed by atoms with Gasteiger partial charge in [-0.15, -0.1) is 0 Å². The van der Waals surface area contributed by atoms with Crippen LogP contribution >= 0.6 is 0 Å². The third kappa shape index (κ3) is 5.76. The van der Waals surface area contributed by atoms with Crippen molar-refractivity contribution < 1.29 is 21.3 Å². The molecule has 0 saturated carbocycles. The molecule has 0 fully saturated rings. The topological polar surface area (TPSA) is 0 Å². The Hall–Kier alpha value is -2.89. The normalized spacial score (nSPS) is 14.9. The van der Waals surface area contributed by atoms with Gasteiger partial charge in [-0.1, -0.05) is 0 Å². The van der Waals surface area contributed by atoms with Crippen LogP contribution in [0.4, 0.5) is 0 Å². The third-order valence-corrected chi connectivity index (χ3v) is 15.5. The summed E-state index contributed by atoms with van der Waals surface area (Å²) < 4.78 is 6.22. The van der Waals surface area contributed by atoms with Crippen LogP contribution in [0.2, 0.25) is 0 Å². The van der Waals surface area contributed by atoms with Crippen molar-refractivity contribution in [3.8, 4) is 11.1 Å². The monoisotopic (exact) mass is 612 g/mol. The van der Waals surface area contributed by atoms with E-state index in [-0.39, 0.29) is 10.8 Å².